The number of nitrogens with zero attached hydrogens (tertiary/aromatic N) is 3. The molecule has 2 aliphatic heterocycles. The highest BCUT2D eigenvalue weighted by molar-refractivity contribution is 7.91. The first kappa shape index (κ1) is 39.0. The molecule has 2 aromatic carbocycles. The number of allylic oxidation sites excluding steroid dienone is 1. The minimum absolute atomic E-state index is 0.00852. The normalized spacial score (nSPS) is 26.4. The Labute approximate surface area is 326 Å². The Kier molecular flexibility index (Phi) is 10.9. The molecule has 3 fully saturated rings. The van der Waals surface area contributed by atoms with E-state index in [1.807, 2.05) is 60.7 Å². The van der Waals surface area contributed by atoms with Crippen molar-refractivity contribution in [1.29, 1.82) is 0 Å². The van der Waals surface area contributed by atoms with E-state index in [2.05, 4.69) is 20.7 Å². The van der Waals surface area contributed by atoms with Gasteiger partial charge in [0, 0.05) is 18.0 Å². The average Bonchev–Trinajstić information content (AvgIpc) is 4.07. The summed E-state index contributed by atoms with van der Waals surface area (Å²) < 4.78 is 40.0. The third-order valence-corrected chi connectivity index (χ3v) is 12.2. The Bertz CT molecular complexity index is 2120. The van der Waals surface area contributed by atoms with E-state index in [0.717, 1.165) is 18.5 Å². The molecule has 15 nitrogen and oxygen atoms in total. The molecule has 3 heterocycles. The lowest BCUT2D eigenvalue weighted by atomic mass is 10.0. The minimum atomic E-state index is -3.90. The molecule has 56 heavy (non-hydrogen) atoms. The largest absolute Gasteiger partial charge is 0.470 e. The predicted octanol–water partition coefficient (Wildman–Crippen LogP) is 4.62. The van der Waals surface area contributed by atoms with Crippen molar-refractivity contribution in [2.24, 2.45) is 5.92 Å². The van der Waals surface area contributed by atoms with Gasteiger partial charge in [0.25, 0.3) is 11.8 Å². The molecule has 298 valence electrons. The number of amides is 4. The van der Waals surface area contributed by atoms with Crippen LogP contribution < -0.4 is 25.4 Å². The van der Waals surface area contributed by atoms with E-state index in [-0.39, 0.29) is 25.3 Å². The highest BCUT2D eigenvalue weighted by atomic mass is 32.2. The van der Waals surface area contributed by atoms with Crippen LogP contribution >= 0.6 is 0 Å². The second-order valence-electron chi connectivity index (χ2n) is 16.1. The number of carbonyl (C=O) groups is 4. The van der Waals surface area contributed by atoms with E-state index in [0.29, 0.717) is 49.0 Å². The summed E-state index contributed by atoms with van der Waals surface area (Å²) in [4.78, 5) is 66.8. The number of para-hydroxylation sites is 3. The number of ether oxygens (including phenoxy) is 2. The van der Waals surface area contributed by atoms with Crippen molar-refractivity contribution in [3.63, 3.8) is 0 Å². The average molecular weight is 788 g/mol. The molecule has 1 unspecified atom stereocenters. The van der Waals surface area contributed by atoms with Crippen LogP contribution in [0.1, 0.15) is 78.6 Å². The maximum absolute atomic E-state index is 14.6. The molecule has 4 amide bonds. The quantitative estimate of drug-likeness (QED) is 0.233. The summed E-state index contributed by atoms with van der Waals surface area (Å²) in [5, 5.41) is 8.27. The molecule has 2 saturated carbocycles. The van der Waals surface area contributed by atoms with Crippen molar-refractivity contribution < 1.29 is 37.1 Å². The van der Waals surface area contributed by atoms with Crippen LogP contribution in [-0.4, -0.2) is 88.2 Å². The van der Waals surface area contributed by atoms with Gasteiger partial charge in [0.1, 0.15) is 29.3 Å². The zero-order chi connectivity index (χ0) is 39.7. The number of rotatable bonds is 8. The van der Waals surface area contributed by atoms with Crippen LogP contribution in [0.15, 0.2) is 66.7 Å². The fourth-order valence-electron chi connectivity index (χ4n) is 7.26. The Balaban J connectivity index is 1.21. The third-order valence-electron chi connectivity index (χ3n) is 10.4. The van der Waals surface area contributed by atoms with Crippen LogP contribution in [-0.2, 0) is 29.1 Å². The summed E-state index contributed by atoms with van der Waals surface area (Å²) in [6.07, 6.45) is 6.55. The van der Waals surface area contributed by atoms with Gasteiger partial charge in [-0.1, -0.05) is 55.3 Å². The van der Waals surface area contributed by atoms with Gasteiger partial charge < -0.3 is 30.3 Å². The Morgan fingerprint density at radius 1 is 0.946 bits per heavy atom. The molecule has 1 saturated heterocycles. The number of carbonyl (C=O) groups excluding carboxylic acids is 4. The van der Waals surface area contributed by atoms with Crippen LogP contribution in [0, 0.1) is 5.92 Å². The summed E-state index contributed by atoms with van der Waals surface area (Å²) in [5.74, 6) is -1.90. The summed E-state index contributed by atoms with van der Waals surface area (Å²) in [5.41, 5.74) is -0.390. The van der Waals surface area contributed by atoms with Gasteiger partial charge in [-0.05, 0) is 83.6 Å². The van der Waals surface area contributed by atoms with Gasteiger partial charge >= 0.3 is 6.09 Å². The highest BCUT2D eigenvalue weighted by Crippen LogP contribution is 2.46. The number of fused-ring (bicyclic) bond motifs is 3. The Morgan fingerprint density at radius 3 is 2.38 bits per heavy atom. The van der Waals surface area contributed by atoms with Crippen LogP contribution in [0.5, 0.6) is 5.88 Å². The zero-order valence-corrected chi connectivity index (χ0v) is 32.6. The molecule has 0 spiro atoms. The molecule has 16 heteroatoms. The lowest BCUT2D eigenvalue weighted by Crippen LogP contribution is -2.58. The van der Waals surface area contributed by atoms with Gasteiger partial charge in [0.15, 0.2) is 5.82 Å². The first-order chi connectivity index (χ1) is 26.7. The van der Waals surface area contributed by atoms with Gasteiger partial charge in [-0.3, -0.25) is 19.1 Å². The van der Waals surface area contributed by atoms with E-state index in [9.17, 15) is 27.6 Å². The van der Waals surface area contributed by atoms with Gasteiger partial charge in [0.2, 0.25) is 21.8 Å². The van der Waals surface area contributed by atoms with Crippen molar-refractivity contribution in [3.05, 3.63) is 66.7 Å². The lowest BCUT2D eigenvalue weighted by Gasteiger charge is -2.30. The maximum atomic E-state index is 14.6. The number of benzene rings is 2. The van der Waals surface area contributed by atoms with Crippen molar-refractivity contribution in [3.8, 4) is 5.88 Å². The summed E-state index contributed by atoms with van der Waals surface area (Å²) >= 11 is 0. The Morgan fingerprint density at radius 2 is 1.66 bits per heavy atom. The van der Waals surface area contributed by atoms with Gasteiger partial charge in [0.05, 0.1) is 22.8 Å². The molecule has 2 aliphatic carbocycles. The number of hydrogen-bond donors (Lipinski definition) is 4. The van der Waals surface area contributed by atoms with E-state index >= 15 is 0 Å². The molecule has 0 radical (unpaired) electrons. The van der Waals surface area contributed by atoms with Crippen LogP contribution in [0.4, 0.5) is 16.3 Å². The van der Waals surface area contributed by atoms with Crippen LogP contribution in [0.25, 0.3) is 11.0 Å². The molecule has 0 bridgehead atoms. The van der Waals surface area contributed by atoms with E-state index in [4.69, 9.17) is 19.4 Å². The summed E-state index contributed by atoms with van der Waals surface area (Å²) in [7, 11) is -3.90. The topological polar surface area (TPSA) is 198 Å². The first-order valence-corrected chi connectivity index (χ1v) is 20.9. The van der Waals surface area contributed by atoms with Crippen molar-refractivity contribution >= 4 is 56.4 Å². The standard InChI is InChI=1S/C40H49N7O8S/c1-39(2,3)55-38(51)44-31-19-11-6-4-5-8-14-25-23-40(25,37(50)46-56(52,53)28-20-21-28)45-34(48)32-22-27(24-47(32)36(31)49)54-35-33(41-26-15-9-7-10-16-26)42-29-17-12-13-18-30(29)43-35/h7-10,12-18,25,27-28,31-32H,4-6,11,19-24H2,1-3H3,(H,41,42)(H,44,51)(H,45,48)(H,46,50)/b14-8-/t25?,27-,31-,32+,40-/m1/s1. The smallest absolute Gasteiger partial charge is 0.408 e. The van der Waals surface area contributed by atoms with E-state index in [1.54, 1.807) is 26.8 Å². The predicted molar refractivity (Wildman–Crippen MR) is 208 cm³/mol. The second-order valence-corrected chi connectivity index (χ2v) is 18.0. The number of sulfonamides is 1. The molecule has 7 rings (SSSR count). The highest BCUT2D eigenvalue weighted by Gasteiger charge is 2.62. The van der Waals surface area contributed by atoms with Crippen LogP contribution in [0.2, 0.25) is 0 Å². The van der Waals surface area contributed by atoms with Gasteiger partial charge in [-0.15, -0.1) is 0 Å². The number of aromatic nitrogens is 2. The maximum Gasteiger partial charge on any atom is 0.408 e. The second kappa shape index (κ2) is 15.7. The third kappa shape index (κ3) is 9.06. The SMILES string of the molecule is CC(C)(C)OC(=O)N[C@@H]1CCCCC/C=C\C2C[C@@]2(C(=O)NS(=O)(=O)C2CC2)NC(=O)[C@@H]2C[C@@H](Oc3nc4ccccc4nc3Nc3ccccc3)CN2C1=O. The zero-order valence-electron chi connectivity index (χ0n) is 31.8. The molecule has 1 aromatic heterocycles. The van der Waals surface area contributed by atoms with E-state index < -0.39 is 74.3 Å². The Hall–Kier alpha value is -5.25. The van der Waals surface area contributed by atoms with Crippen molar-refractivity contribution in [2.75, 3.05) is 11.9 Å². The molecule has 5 atom stereocenters. The fraction of sp³-hybridized carbons (Fsp3) is 0.500. The van der Waals surface area contributed by atoms with Gasteiger partial charge in [-0.2, -0.15) is 0 Å². The van der Waals surface area contributed by atoms with Crippen molar-refractivity contribution in [2.45, 2.75) is 113 Å². The number of alkyl carbamates (subject to hydrolysis) is 1. The molecule has 3 aromatic rings. The monoisotopic (exact) mass is 787 g/mol. The fourth-order valence-corrected chi connectivity index (χ4v) is 8.62. The van der Waals surface area contributed by atoms with Crippen LogP contribution in [0.3, 0.4) is 0 Å². The van der Waals surface area contributed by atoms with E-state index in [1.165, 1.54) is 4.90 Å². The van der Waals surface area contributed by atoms with Gasteiger partial charge in [-0.25, -0.2) is 23.2 Å². The minimum Gasteiger partial charge on any atom is -0.470 e. The summed E-state index contributed by atoms with van der Waals surface area (Å²) in [6, 6.07) is 14.5. The molecular weight excluding hydrogens is 739 g/mol. The summed E-state index contributed by atoms with van der Waals surface area (Å²) in [6.45, 7) is 5.13. The number of hydrogen-bond acceptors (Lipinski definition) is 11. The number of nitrogens with one attached hydrogen (secondary N) is 4. The molecule has 4 N–H and O–H groups in total. The van der Waals surface area contributed by atoms with Crippen molar-refractivity contribution in [1.82, 2.24) is 30.2 Å². The molecular formula is C40H49N7O8S. The first-order valence-electron chi connectivity index (χ1n) is 19.3. The number of anilines is 2. The molecule has 4 aliphatic rings. The lowest BCUT2D eigenvalue weighted by molar-refractivity contribution is -0.141.